The molecule has 0 aliphatic carbocycles. The van der Waals surface area contributed by atoms with Crippen LogP contribution in [0.15, 0.2) is 24.3 Å². The molecule has 0 fully saturated rings. The Balaban J connectivity index is 2.13. The molecule has 1 aromatic heterocycles. The van der Waals surface area contributed by atoms with Gasteiger partial charge in [0.15, 0.2) is 0 Å². The van der Waals surface area contributed by atoms with Crippen molar-refractivity contribution in [3.63, 3.8) is 0 Å². The third-order valence-electron chi connectivity index (χ3n) is 3.74. The van der Waals surface area contributed by atoms with Crippen LogP contribution in [0.4, 0.5) is 0 Å². The van der Waals surface area contributed by atoms with Crippen LogP contribution in [0.3, 0.4) is 0 Å². The van der Waals surface area contributed by atoms with E-state index in [0.717, 1.165) is 35.0 Å². The van der Waals surface area contributed by atoms with E-state index >= 15 is 0 Å². The summed E-state index contributed by atoms with van der Waals surface area (Å²) >= 11 is 6.32. The third kappa shape index (κ3) is 3.77. The average Bonchev–Trinajstić information content (AvgIpc) is 2.73. The largest absolute Gasteiger partial charge is 0.497 e. The molecule has 0 saturated carbocycles. The van der Waals surface area contributed by atoms with Crippen LogP contribution in [-0.4, -0.2) is 30.0 Å². The van der Waals surface area contributed by atoms with Crippen LogP contribution in [0, 0.1) is 6.92 Å². The van der Waals surface area contributed by atoms with Crippen molar-refractivity contribution >= 4 is 11.6 Å². The number of ether oxygens (including phenoxy) is 1. The Kier molecular flexibility index (Phi) is 5.26. The highest BCUT2D eigenvalue weighted by Crippen LogP contribution is 2.22. The van der Waals surface area contributed by atoms with Crippen molar-refractivity contribution in [2.45, 2.75) is 25.8 Å². The van der Waals surface area contributed by atoms with E-state index in [4.69, 9.17) is 16.3 Å². The molecule has 5 heteroatoms. The summed E-state index contributed by atoms with van der Waals surface area (Å²) in [5.41, 5.74) is 3.35. The molecule has 2 rings (SSSR count). The second-order valence-corrected chi connectivity index (χ2v) is 5.58. The zero-order chi connectivity index (χ0) is 15.4. The number of nitrogens with one attached hydrogen (secondary N) is 1. The second-order valence-electron chi connectivity index (χ2n) is 5.22. The maximum Gasteiger partial charge on any atom is 0.130 e. The quantitative estimate of drug-likeness (QED) is 0.892. The van der Waals surface area contributed by atoms with Crippen LogP contribution in [0.25, 0.3) is 0 Å². The van der Waals surface area contributed by atoms with Crippen molar-refractivity contribution in [3.8, 4) is 5.75 Å². The number of hydrogen-bond acceptors (Lipinski definition) is 3. The number of rotatable bonds is 6. The number of methoxy groups -OCH3 is 1. The van der Waals surface area contributed by atoms with E-state index in [0.29, 0.717) is 6.04 Å². The van der Waals surface area contributed by atoms with Crippen LogP contribution in [0.2, 0.25) is 5.15 Å². The predicted molar refractivity (Wildman–Crippen MR) is 86.2 cm³/mol. The van der Waals surface area contributed by atoms with Gasteiger partial charge in [0.2, 0.25) is 0 Å². The summed E-state index contributed by atoms with van der Waals surface area (Å²) in [5, 5.41) is 8.45. The van der Waals surface area contributed by atoms with Crippen molar-refractivity contribution in [1.29, 1.82) is 0 Å². The summed E-state index contributed by atoms with van der Waals surface area (Å²) < 4.78 is 7.00. The highest BCUT2D eigenvalue weighted by Gasteiger charge is 2.16. The highest BCUT2D eigenvalue weighted by molar-refractivity contribution is 6.30. The Hall–Kier alpha value is -1.52. The molecular weight excluding hydrogens is 286 g/mol. The van der Waals surface area contributed by atoms with Crippen LogP contribution in [0.1, 0.15) is 16.8 Å². The van der Waals surface area contributed by atoms with Crippen LogP contribution in [-0.2, 0) is 19.9 Å². The molecule has 1 heterocycles. The van der Waals surface area contributed by atoms with Gasteiger partial charge in [0, 0.05) is 18.7 Å². The Labute approximate surface area is 131 Å². The van der Waals surface area contributed by atoms with Gasteiger partial charge in [-0.1, -0.05) is 23.7 Å². The standard InChI is InChI=1S/C16H22ClN3O/c1-11-15(16(17)20(3)19-11)10-13(18-2)8-12-6-5-7-14(9-12)21-4/h5-7,9,13,18H,8,10H2,1-4H3. The van der Waals surface area contributed by atoms with Crippen LogP contribution >= 0.6 is 11.6 Å². The van der Waals surface area contributed by atoms with E-state index < -0.39 is 0 Å². The van der Waals surface area contributed by atoms with Gasteiger partial charge in [-0.05, 0) is 44.5 Å². The maximum atomic E-state index is 6.32. The molecule has 1 atom stereocenters. The number of likely N-dealkylation sites (N-methyl/N-ethyl adjacent to an activating group) is 1. The molecule has 0 aliphatic heterocycles. The van der Waals surface area contributed by atoms with Crippen molar-refractivity contribution in [1.82, 2.24) is 15.1 Å². The molecule has 1 aromatic carbocycles. The van der Waals surface area contributed by atoms with E-state index in [1.165, 1.54) is 5.56 Å². The molecule has 4 nitrogen and oxygen atoms in total. The maximum absolute atomic E-state index is 6.32. The normalized spacial score (nSPS) is 12.4. The Bertz CT molecular complexity index is 610. The molecule has 0 spiro atoms. The molecule has 0 saturated heterocycles. The SMILES string of the molecule is CNC(Cc1cccc(OC)c1)Cc1c(C)nn(C)c1Cl. The molecule has 2 aromatic rings. The van der Waals surface area contributed by atoms with E-state index in [-0.39, 0.29) is 0 Å². The first kappa shape index (κ1) is 15.9. The zero-order valence-electron chi connectivity index (χ0n) is 13.0. The lowest BCUT2D eigenvalue weighted by molar-refractivity contribution is 0.414. The summed E-state index contributed by atoms with van der Waals surface area (Å²) in [6.45, 7) is 2.00. The summed E-state index contributed by atoms with van der Waals surface area (Å²) in [4.78, 5) is 0. The highest BCUT2D eigenvalue weighted by atomic mass is 35.5. The Morgan fingerprint density at radius 1 is 1.38 bits per heavy atom. The van der Waals surface area contributed by atoms with Crippen LogP contribution in [0.5, 0.6) is 5.75 Å². The molecule has 0 aliphatic rings. The van der Waals surface area contributed by atoms with E-state index in [9.17, 15) is 0 Å². The minimum atomic E-state index is 0.303. The van der Waals surface area contributed by atoms with Crippen LogP contribution < -0.4 is 10.1 Å². The fraction of sp³-hybridized carbons (Fsp3) is 0.438. The number of hydrogen-bond donors (Lipinski definition) is 1. The van der Waals surface area contributed by atoms with Gasteiger partial charge in [-0.3, -0.25) is 4.68 Å². The Morgan fingerprint density at radius 2 is 2.14 bits per heavy atom. The van der Waals surface area contributed by atoms with E-state index in [1.54, 1.807) is 11.8 Å². The summed E-state index contributed by atoms with van der Waals surface area (Å²) in [6.07, 6.45) is 1.77. The molecule has 21 heavy (non-hydrogen) atoms. The minimum absolute atomic E-state index is 0.303. The molecule has 114 valence electrons. The smallest absolute Gasteiger partial charge is 0.130 e. The average molecular weight is 308 g/mol. The van der Waals surface area contributed by atoms with E-state index in [1.807, 2.05) is 33.2 Å². The lowest BCUT2D eigenvalue weighted by atomic mass is 9.99. The molecule has 1 unspecified atom stereocenters. The fourth-order valence-electron chi connectivity index (χ4n) is 2.51. The van der Waals surface area contributed by atoms with Crippen molar-refractivity contribution < 1.29 is 4.74 Å². The van der Waals surface area contributed by atoms with Gasteiger partial charge in [0.25, 0.3) is 0 Å². The van der Waals surface area contributed by atoms with Crippen molar-refractivity contribution in [3.05, 3.63) is 46.2 Å². The summed E-state index contributed by atoms with van der Waals surface area (Å²) in [6, 6.07) is 8.47. The van der Waals surface area contributed by atoms with Gasteiger partial charge >= 0.3 is 0 Å². The number of nitrogens with zero attached hydrogens (tertiary/aromatic N) is 2. The summed E-state index contributed by atoms with van der Waals surface area (Å²) in [5.74, 6) is 0.887. The molecular formula is C16H22ClN3O. The number of benzene rings is 1. The number of aryl methyl sites for hydroxylation is 2. The van der Waals surface area contributed by atoms with Gasteiger partial charge in [0.1, 0.15) is 10.9 Å². The van der Waals surface area contributed by atoms with Gasteiger partial charge in [-0.15, -0.1) is 0 Å². The van der Waals surface area contributed by atoms with E-state index in [2.05, 4.69) is 22.5 Å². The number of aromatic nitrogens is 2. The monoisotopic (exact) mass is 307 g/mol. The zero-order valence-corrected chi connectivity index (χ0v) is 13.7. The number of halogens is 1. The molecule has 0 bridgehead atoms. The third-order valence-corrected chi connectivity index (χ3v) is 4.22. The first-order valence-electron chi connectivity index (χ1n) is 7.03. The van der Waals surface area contributed by atoms with Gasteiger partial charge < -0.3 is 10.1 Å². The molecule has 0 radical (unpaired) electrons. The molecule has 1 N–H and O–H groups in total. The van der Waals surface area contributed by atoms with Gasteiger partial charge in [-0.25, -0.2) is 0 Å². The predicted octanol–water partition coefficient (Wildman–Crippen LogP) is 2.76. The fourth-order valence-corrected chi connectivity index (χ4v) is 2.76. The lowest BCUT2D eigenvalue weighted by Gasteiger charge is -2.16. The van der Waals surface area contributed by atoms with Crippen molar-refractivity contribution in [2.75, 3.05) is 14.2 Å². The Morgan fingerprint density at radius 3 is 2.71 bits per heavy atom. The van der Waals surface area contributed by atoms with Gasteiger partial charge in [-0.2, -0.15) is 5.10 Å². The van der Waals surface area contributed by atoms with Crippen molar-refractivity contribution in [2.24, 2.45) is 7.05 Å². The molecule has 0 amide bonds. The van der Waals surface area contributed by atoms with Gasteiger partial charge in [0.05, 0.1) is 12.8 Å². The lowest BCUT2D eigenvalue weighted by Crippen LogP contribution is -2.30. The minimum Gasteiger partial charge on any atom is -0.497 e. The first-order valence-corrected chi connectivity index (χ1v) is 7.41. The summed E-state index contributed by atoms with van der Waals surface area (Å²) in [7, 11) is 5.53. The second kappa shape index (κ2) is 6.96. The topological polar surface area (TPSA) is 39.1 Å². The first-order chi connectivity index (χ1) is 10.0.